The number of hydrogen-bond acceptors (Lipinski definition) is 6. The van der Waals surface area contributed by atoms with Gasteiger partial charge in [-0.3, -0.25) is 10.1 Å². The molecule has 4 rings (SSSR count). The van der Waals surface area contributed by atoms with Crippen LogP contribution in [0.3, 0.4) is 0 Å². The number of nitriles is 1. The monoisotopic (exact) mass is 473 g/mol. The molecule has 1 aromatic heterocycles. The van der Waals surface area contributed by atoms with Gasteiger partial charge in [0.25, 0.3) is 5.91 Å². The number of benzene rings is 3. The van der Waals surface area contributed by atoms with Crippen molar-refractivity contribution in [1.82, 2.24) is 4.98 Å². The molecule has 1 heterocycles. The Hall–Kier alpha value is -4.22. The van der Waals surface area contributed by atoms with E-state index in [1.807, 2.05) is 37.3 Å². The predicted molar refractivity (Wildman–Crippen MR) is 130 cm³/mol. The second-order valence-corrected chi connectivity index (χ2v) is 8.20. The van der Waals surface area contributed by atoms with Crippen LogP contribution in [0.25, 0.3) is 16.3 Å². The maximum Gasteiger partial charge on any atom is 0.268 e. The largest absolute Gasteiger partial charge is 0.490 e. The highest BCUT2D eigenvalue weighted by Gasteiger charge is 2.14. The summed E-state index contributed by atoms with van der Waals surface area (Å²) < 4.78 is 25.6. The summed E-state index contributed by atoms with van der Waals surface area (Å²) in [5.74, 6) is 0.120. The van der Waals surface area contributed by atoms with Gasteiger partial charge in [-0.2, -0.15) is 5.26 Å². The Labute approximate surface area is 199 Å². The molecular weight excluding hydrogens is 453 g/mol. The number of carbonyl (C=O) groups is 1. The van der Waals surface area contributed by atoms with E-state index in [1.54, 1.807) is 30.3 Å². The van der Waals surface area contributed by atoms with Crippen molar-refractivity contribution in [2.24, 2.45) is 0 Å². The molecule has 0 atom stereocenters. The van der Waals surface area contributed by atoms with Crippen molar-refractivity contribution in [3.63, 3.8) is 0 Å². The summed E-state index contributed by atoms with van der Waals surface area (Å²) in [6.45, 7) is 2.49. The quantitative estimate of drug-likeness (QED) is 0.252. The average molecular weight is 474 g/mol. The number of nitrogens with one attached hydrogen (secondary N) is 1. The second-order valence-electron chi connectivity index (χ2n) is 7.17. The molecule has 3 aromatic carbocycles. The van der Waals surface area contributed by atoms with Gasteiger partial charge in [0.2, 0.25) is 0 Å². The van der Waals surface area contributed by atoms with Gasteiger partial charge in [-0.15, -0.1) is 0 Å². The van der Waals surface area contributed by atoms with Crippen molar-refractivity contribution in [3.05, 3.63) is 89.2 Å². The minimum Gasteiger partial charge on any atom is -0.490 e. The van der Waals surface area contributed by atoms with Gasteiger partial charge in [0.15, 0.2) is 16.6 Å². The summed E-state index contributed by atoms with van der Waals surface area (Å²) in [6, 6.07) is 20.7. The molecule has 170 valence electrons. The van der Waals surface area contributed by atoms with E-state index in [2.05, 4.69) is 10.3 Å². The smallest absolute Gasteiger partial charge is 0.268 e. The second kappa shape index (κ2) is 10.6. The number of carbonyl (C=O) groups excluding carboxylic acids is 1. The third-order valence-electron chi connectivity index (χ3n) is 4.77. The van der Waals surface area contributed by atoms with Crippen LogP contribution in [-0.2, 0) is 11.4 Å². The molecular formula is C26H20FN3O3S. The molecule has 0 aliphatic carbocycles. The Balaban J connectivity index is 1.51. The highest BCUT2D eigenvalue weighted by atomic mass is 32.1. The number of nitrogens with zero attached hydrogens (tertiary/aromatic N) is 2. The number of fused-ring (bicyclic) bond motifs is 1. The van der Waals surface area contributed by atoms with Crippen molar-refractivity contribution in [1.29, 1.82) is 5.26 Å². The van der Waals surface area contributed by atoms with E-state index < -0.39 is 5.91 Å². The fourth-order valence-electron chi connectivity index (χ4n) is 3.15. The van der Waals surface area contributed by atoms with Crippen LogP contribution in [-0.4, -0.2) is 17.5 Å². The number of hydrogen-bond donors (Lipinski definition) is 1. The number of anilines is 1. The van der Waals surface area contributed by atoms with Gasteiger partial charge in [0.1, 0.15) is 24.1 Å². The molecule has 0 saturated carbocycles. The highest BCUT2D eigenvalue weighted by Crippen LogP contribution is 2.30. The van der Waals surface area contributed by atoms with Crippen molar-refractivity contribution >= 4 is 38.7 Å². The van der Waals surface area contributed by atoms with E-state index in [0.717, 1.165) is 15.8 Å². The summed E-state index contributed by atoms with van der Waals surface area (Å²) in [5, 5.41) is 12.7. The minimum absolute atomic E-state index is 0.0679. The lowest BCUT2D eigenvalue weighted by atomic mass is 10.1. The molecule has 1 N–H and O–H groups in total. The Morgan fingerprint density at radius 1 is 1.12 bits per heavy atom. The lowest BCUT2D eigenvalue weighted by molar-refractivity contribution is -0.112. The van der Waals surface area contributed by atoms with Crippen LogP contribution in [0.2, 0.25) is 0 Å². The first-order chi connectivity index (χ1) is 16.6. The molecule has 0 fully saturated rings. The Morgan fingerprint density at radius 3 is 2.65 bits per heavy atom. The molecule has 0 aliphatic heterocycles. The average Bonchev–Trinajstić information content (AvgIpc) is 3.25. The third kappa shape index (κ3) is 5.57. The number of aromatic nitrogens is 1. The first-order valence-corrected chi connectivity index (χ1v) is 11.3. The molecule has 0 radical (unpaired) electrons. The lowest BCUT2D eigenvalue weighted by Crippen LogP contribution is -2.13. The van der Waals surface area contributed by atoms with E-state index in [-0.39, 0.29) is 18.0 Å². The predicted octanol–water partition coefficient (Wildman–Crippen LogP) is 5.96. The van der Waals surface area contributed by atoms with Crippen molar-refractivity contribution < 1.29 is 18.7 Å². The standard InChI is InChI=1S/C26H20FN3O3S/c1-2-32-23-14-18(9-12-22(23)33-16-17-7-10-20(27)11-8-17)13-19(15-28)25(31)30-26-29-21-5-3-4-6-24(21)34-26/h3-14H,2,16H2,1H3,(H,29,30,31)/b19-13+. The SMILES string of the molecule is CCOc1cc(/C=C(\C#N)C(=O)Nc2nc3ccccc3s2)ccc1OCc1ccc(F)cc1. The molecule has 34 heavy (non-hydrogen) atoms. The molecule has 0 unspecified atom stereocenters. The third-order valence-corrected chi connectivity index (χ3v) is 5.72. The molecule has 0 spiro atoms. The number of ether oxygens (including phenoxy) is 2. The molecule has 0 aliphatic rings. The van der Waals surface area contributed by atoms with Crippen molar-refractivity contribution in [2.75, 3.05) is 11.9 Å². The Bertz CT molecular complexity index is 1360. The molecule has 6 nitrogen and oxygen atoms in total. The maximum atomic E-state index is 13.1. The van der Waals surface area contributed by atoms with E-state index in [9.17, 15) is 14.4 Å². The number of thiazole rings is 1. The van der Waals surface area contributed by atoms with E-state index in [0.29, 0.717) is 28.8 Å². The molecule has 4 aromatic rings. The van der Waals surface area contributed by atoms with E-state index in [4.69, 9.17) is 9.47 Å². The fourth-order valence-corrected chi connectivity index (χ4v) is 4.01. The Kier molecular flexibility index (Phi) is 7.16. The number of halogens is 1. The van der Waals surface area contributed by atoms with E-state index in [1.165, 1.54) is 29.5 Å². The highest BCUT2D eigenvalue weighted by molar-refractivity contribution is 7.22. The van der Waals surface area contributed by atoms with Gasteiger partial charge < -0.3 is 9.47 Å². The fraction of sp³-hybridized carbons (Fsp3) is 0.115. The molecule has 0 saturated heterocycles. The lowest BCUT2D eigenvalue weighted by Gasteiger charge is -2.13. The van der Waals surface area contributed by atoms with Crippen LogP contribution in [0.1, 0.15) is 18.1 Å². The summed E-state index contributed by atoms with van der Waals surface area (Å²) in [7, 11) is 0. The van der Waals surface area contributed by atoms with Gasteiger partial charge in [0, 0.05) is 0 Å². The van der Waals surface area contributed by atoms with Gasteiger partial charge >= 0.3 is 0 Å². The zero-order chi connectivity index (χ0) is 23.9. The number of amides is 1. The summed E-state index contributed by atoms with van der Waals surface area (Å²) in [5.41, 5.74) is 2.13. The van der Waals surface area contributed by atoms with Crippen LogP contribution < -0.4 is 14.8 Å². The van der Waals surface area contributed by atoms with Crippen molar-refractivity contribution in [2.45, 2.75) is 13.5 Å². The van der Waals surface area contributed by atoms with Gasteiger partial charge in [0.05, 0.1) is 16.8 Å². The normalized spacial score (nSPS) is 11.1. The summed E-state index contributed by atoms with van der Waals surface area (Å²) in [6.07, 6.45) is 1.48. The van der Waals surface area contributed by atoms with Crippen LogP contribution in [0.15, 0.2) is 72.3 Å². The first kappa shape index (κ1) is 23.0. The van der Waals surface area contributed by atoms with Gasteiger partial charge in [-0.1, -0.05) is 41.7 Å². The van der Waals surface area contributed by atoms with Gasteiger partial charge in [-0.05, 0) is 60.5 Å². The number of rotatable bonds is 8. The summed E-state index contributed by atoms with van der Waals surface area (Å²) >= 11 is 1.34. The first-order valence-electron chi connectivity index (χ1n) is 10.5. The minimum atomic E-state index is -0.545. The maximum absolute atomic E-state index is 13.1. The zero-order valence-electron chi connectivity index (χ0n) is 18.2. The van der Waals surface area contributed by atoms with Crippen LogP contribution >= 0.6 is 11.3 Å². The zero-order valence-corrected chi connectivity index (χ0v) is 19.1. The topological polar surface area (TPSA) is 84.2 Å². The molecule has 8 heteroatoms. The Morgan fingerprint density at radius 2 is 1.91 bits per heavy atom. The van der Waals surface area contributed by atoms with Crippen LogP contribution in [0, 0.1) is 17.1 Å². The molecule has 0 bridgehead atoms. The summed E-state index contributed by atoms with van der Waals surface area (Å²) in [4.78, 5) is 17.0. The van der Waals surface area contributed by atoms with E-state index >= 15 is 0 Å². The van der Waals surface area contributed by atoms with Crippen molar-refractivity contribution in [3.8, 4) is 17.6 Å². The molecule has 1 amide bonds. The number of para-hydroxylation sites is 1. The van der Waals surface area contributed by atoms with Crippen LogP contribution in [0.5, 0.6) is 11.5 Å². The van der Waals surface area contributed by atoms with Crippen LogP contribution in [0.4, 0.5) is 9.52 Å². The van der Waals surface area contributed by atoms with Gasteiger partial charge in [-0.25, -0.2) is 9.37 Å².